The van der Waals surface area contributed by atoms with E-state index in [0.29, 0.717) is 25.0 Å². The number of nitrogens with zero attached hydrogens (tertiary/aromatic N) is 2. The van der Waals surface area contributed by atoms with Crippen LogP contribution in [0.5, 0.6) is 5.75 Å². The zero-order valence-corrected chi connectivity index (χ0v) is 23.4. The van der Waals surface area contributed by atoms with Crippen LogP contribution in [0.15, 0.2) is 28.7 Å². The third-order valence-electron chi connectivity index (χ3n) is 7.32. The molecular weight excluding hydrogens is 572 g/mol. The van der Waals surface area contributed by atoms with Crippen molar-refractivity contribution < 1.29 is 42.9 Å². The summed E-state index contributed by atoms with van der Waals surface area (Å²) in [7, 11) is 1.33. The van der Waals surface area contributed by atoms with Crippen LogP contribution in [-0.4, -0.2) is 77.6 Å². The number of carboxylic acid groups (broad SMARTS) is 2. The number of amides is 2. The maximum absolute atomic E-state index is 15.6. The fourth-order valence-corrected chi connectivity index (χ4v) is 5.11. The van der Waals surface area contributed by atoms with Gasteiger partial charge >= 0.3 is 11.9 Å². The molecule has 1 aromatic carbocycles. The smallest absolute Gasteiger partial charge is 0.341 e. The van der Waals surface area contributed by atoms with Crippen LogP contribution in [0.3, 0.4) is 0 Å². The summed E-state index contributed by atoms with van der Waals surface area (Å²) in [5, 5.41) is 22.4. The maximum atomic E-state index is 15.6. The SMILES string of the molecule is COc1c(N2CCCC(=CC(F)NC(=O)CNC(=O)[C@@H](N)CCC(=O)O)C2)c(F)cc2c(=O)c(C(=O)O)cn(C3CC3)c12. The molecule has 0 radical (unpaired) electrons. The quantitative estimate of drug-likeness (QED) is 0.175. The number of hydrogen-bond donors (Lipinski definition) is 5. The number of carbonyl (C=O) groups is 4. The highest BCUT2D eigenvalue weighted by Crippen LogP contribution is 2.44. The molecule has 2 heterocycles. The van der Waals surface area contributed by atoms with Crippen LogP contribution in [0, 0.1) is 5.82 Å². The zero-order valence-electron chi connectivity index (χ0n) is 23.4. The second-order valence-corrected chi connectivity index (χ2v) is 10.5. The molecule has 2 aromatic rings. The normalized spacial score (nSPS) is 17.4. The number of halogens is 2. The molecule has 1 saturated carbocycles. The Bertz CT molecular complexity index is 1540. The fraction of sp³-hybridized carbons (Fsp3) is 0.464. The first-order valence-electron chi connectivity index (χ1n) is 13.7. The van der Waals surface area contributed by atoms with E-state index in [1.165, 1.54) is 19.4 Å². The lowest BCUT2D eigenvalue weighted by Crippen LogP contribution is -2.46. The summed E-state index contributed by atoms with van der Waals surface area (Å²) in [6.07, 6.45) is 2.59. The third-order valence-corrected chi connectivity index (χ3v) is 7.32. The van der Waals surface area contributed by atoms with Crippen molar-refractivity contribution in [3.8, 4) is 5.75 Å². The molecule has 2 aliphatic rings. The highest BCUT2D eigenvalue weighted by molar-refractivity contribution is 5.97. The Morgan fingerprint density at radius 3 is 2.60 bits per heavy atom. The van der Waals surface area contributed by atoms with Gasteiger partial charge in [-0.1, -0.05) is 5.57 Å². The summed E-state index contributed by atoms with van der Waals surface area (Å²) in [4.78, 5) is 60.9. The molecule has 2 amide bonds. The number of methoxy groups -OCH3 is 1. The molecule has 13 nitrogen and oxygen atoms in total. The first-order chi connectivity index (χ1) is 20.4. The second kappa shape index (κ2) is 13.2. The van der Waals surface area contributed by atoms with Crippen molar-refractivity contribution in [2.45, 2.75) is 56.9 Å². The molecule has 232 valence electrons. The average Bonchev–Trinajstić information content (AvgIpc) is 3.79. The number of carbonyl (C=O) groups excluding carboxylic acids is 2. The molecule has 15 heteroatoms. The number of aliphatic carboxylic acids is 1. The van der Waals surface area contributed by atoms with E-state index in [0.717, 1.165) is 18.9 Å². The average molecular weight is 606 g/mol. The molecule has 4 rings (SSSR count). The molecule has 6 N–H and O–H groups in total. The van der Waals surface area contributed by atoms with E-state index in [2.05, 4.69) is 10.6 Å². The zero-order chi connectivity index (χ0) is 31.4. The van der Waals surface area contributed by atoms with Gasteiger partial charge in [0.25, 0.3) is 0 Å². The van der Waals surface area contributed by atoms with Gasteiger partial charge in [-0.3, -0.25) is 19.2 Å². The molecule has 1 unspecified atom stereocenters. The van der Waals surface area contributed by atoms with Crippen molar-refractivity contribution in [3.05, 3.63) is 45.5 Å². The van der Waals surface area contributed by atoms with Crippen molar-refractivity contribution in [3.63, 3.8) is 0 Å². The number of aromatic nitrogens is 1. The number of piperidine rings is 1. The van der Waals surface area contributed by atoms with Crippen molar-refractivity contribution in [2.75, 3.05) is 31.6 Å². The number of fused-ring (bicyclic) bond motifs is 1. The first kappa shape index (κ1) is 31.4. The largest absolute Gasteiger partial charge is 0.492 e. The van der Waals surface area contributed by atoms with Crippen molar-refractivity contribution in [2.24, 2.45) is 5.73 Å². The summed E-state index contributed by atoms with van der Waals surface area (Å²) < 4.78 is 37.7. The standard InChI is InChI=1S/C28H33F2N5O8/c1-43-26-23-16(25(39)17(28(41)42)13-35(23)15-4-5-15)10-18(29)24(26)34-8-2-3-14(12-34)9-20(30)33-21(36)11-32-27(40)19(31)6-7-22(37)38/h9-10,13,15,19-20H,2-8,11-12,31H2,1H3,(H,32,40)(H,33,36)(H,37,38)(H,41,42)/t19-,20?/m0/s1. The van der Waals surface area contributed by atoms with Gasteiger partial charge in [-0.25, -0.2) is 13.6 Å². The first-order valence-corrected chi connectivity index (χ1v) is 13.7. The molecule has 43 heavy (non-hydrogen) atoms. The Morgan fingerprint density at radius 2 is 1.98 bits per heavy atom. The van der Waals surface area contributed by atoms with Gasteiger partial charge in [0.05, 0.1) is 30.6 Å². The van der Waals surface area contributed by atoms with Gasteiger partial charge in [-0.15, -0.1) is 0 Å². The van der Waals surface area contributed by atoms with Gasteiger partial charge in [0, 0.05) is 31.7 Å². The van der Waals surface area contributed by atoms with Crippen LogP contribution < -0.4 is 31.4 Å². The third kappa shape index (κ3) is 7.28. The van der Waals surface area contributed by atoms with Crippen LogP contribution >= 0.6 is 0 Å². The Labute approximate surface area is 244 Å². The van der Waals surface area contributed by atoms with E-state index < -0.39 is 59.4 Å². The lowest BCUT2D eigenvalue weighted by Gasteiger charge is -2.33. The number of ether oxygens (including phenoxy) is 1. The Hall–Kier alpha value is -4.53. The Kier molecular flexibility index (Phi) is 9.63. The van der Waals surface area contributed by atoms with E-state index in [1.807, 2.05) is 0 Å². The van der Waals surface area contributed by atoms with Gasteiger partial charge in [0.1, 0.15) is 11.3 Å². The predicted molar refractivity (Wildman–Crippen MR) is 150 cm³/mol. The summed E-state index contributed by atoms with van der Waals surface area (Å²) in [5.41, 5.74) is 5.19. The molecule has 1 aromatic heterocycles. The number of nitrogens with two attached hydrogens (primary N) is 1. The van der Waals surface area contributed by atoms with Crippen LogP contribution in [0.2, 0.25) is 0 Å². The van der Waals surface area contributed by atoms with Crippen molar-refractivity contribution >= 4 is 40.3 Å². The minimum atomic E-state index is -1.92. The molecule has 0 bridgehead atoms. The minimum Gasteiger partial charge on any atom is -0.492 e. The number of alkyl halides is 1. The van der Waals surface area contributed by atoms with E-state index >= 15 is 4.39 Å². The van der Waals surface area contributed by atoms with Crippen LogP contribution in [0.25, 0.3) is 10.9 Å². The number of aromatic carboxylic acids is 1. The number of carboxylic acids is 2. The van der Waals surface area contributed by atoms with Gasteiger partial charge in [0.15, 0.2) is 17.9 Å². The number of anilines is 1. The summed E-state index contributed by atoms with van der Waals surface area (Å²) in [6, 6.07) is -0.184. The maximum Gasteiger partial charge on any atom is 0.341 e. The monoisotopic (exact) mass is 605 g/mol. The summed E-state index contributed by atoms with van der Waals surface area (Å²) in [6.45, 7) is -0.0965. The number of hydrogen-bond acceptors (Lipinski definition) is 8. The number of nitrogens with one attached hydrogen (secondary N) is 2. The highest BCUT2D eigenvalue weighted by Gasteiger charge is 2.32. The topological polar surface area (TPSA) is 193 Å². The van der Waals surface area contributed by atoms with Crippen molar-refractivity contribution in [1.29, 1.82) is 0 Å². The molecule has 1 aliphatic heterocycles. The number of benzene rings is 1. The van der Waals surface area contributed by atoms with Crippen LogP contribution in [-0.2, 0) is 14.4 Å². The molecule has 0 spiro atoms. The lowest BCUT2D eigenvalue weighted by molar-refractivity contribution is -0.137. The highest BCUT2D eigenvalue weighted by atomic mass is 19.1. The second-order valence-electron chi connectivity index (χ2n) is 10.5. The summed E-state index contributed by atoms with van der Waals surface area (Å²) >= 11 is 0. The Morgan fingerprint density at radius 1 is 1.26 bits per heavy atom. The minimum absolute atomic E-state index is 0.0545. The molecule has 1 saturated heterocycles. The predicted octanol–water partition coefficient (Wildman–Crippen LogP) is 1.43. The molecule has 2 atom stereocenters. The van der Waals surface area contributed by atoms with Crippen molar-refractivity contribution in [1.82, 2.24) is 15.2 Å². The van der Waals surface area contributed by atoms with E-state index in [-0.39, 0.29) is 47.8 Å². The number of pyridine rings is 1. The van der Waals surface area contributed by atoms with Crippen LogP contribution in [0.1, 0.15) is 54.9 Å². The van der Waals surface area contributed by atoms with E-state index in [4.69, 9.17) is 15.6 Å². The number of rotatable bonds is 12. The van der Waals surface area contributed by atoms with E-state index in [9.17, 15) is 33.5 Å². The fourth-order valence-electron chi connectivity index (χ4n) is 5.11. The van der Waals surface area contributed by atoms with Gasteiger partial charge < -0.3 is 40.8 Å². The molecular formula is C28H33F2N5O8. The van der Waals surface area contributed by atoms with Gasteiger partial charge in [0.2, 0.25) is 17.2 Å². The van der Waals surface area contributed by atoms with Gasteiger partial charge in [-0.05, 0) is 44.2 Å². The molecule has 1 aliphatic carbocycles. The molecule has 2 fully saturated rings. The van der Waals surface area contributed by atoms with E-state index in [1.54, 1.807) is 9.47 Å². The van der Waals surface area contributed by atoms with Gasteiger partial charge in [-0.2, -0.15) is 0 Å². The lowest BCUT2D eigenvalue weighted by atomic mass is 10.0. The summed E-state index contributed by atoms with van der Waals surface area (Å²) in [5.74, 6) is -4.84. The van der Waals surface area contributed by atoms with Crippen LogP contribution in [0.4, 0.5) is 14.5 Å². The Balaban J connectivity index is 1.50.